The molecule has 16 heavy (non-hydrogen) atoms. The molecule has 0 fully saturated rings. The van der Waals surface area contributed by atoms with Gasteiger partial charge in [0, 0.05) is 12.2 Å². The maximum atomic E-state index is 11.2. The summed E-state index contributed by atoms with van der Waals surface area (Å²) in [7, 11) is 0. The van der Waals surface area contributed by atoms with Crippen molar-refractivity contribution in [3.05, 3.63) is 0 Å². The van der Waals surface area contributed by atoms with Crippen LogP contribution in [0.15, 0.2) is 0 Å². The van der Waals surface area contributed by atoms with E-state index in [4.69, 9.17) is 9.84 Å². The molecule has 0 aliphatic heterocycles. The van der Waals surface area contributed by atoms with Crippen molar-refractivity contribution in [3.8, 4) is 0 Å². The highest BCUT2D eigenvalue weighted by atomic mass is 32.2. The first-order valence-corrected chi connectivity index (χ1v) is 6.77. The molecule has 0 saturated carbocycles. The van der Waals surface area contributed by atoms with Gasteiger partial charge in [-0.25, -0.2) is 4.79 Å². The minimum Gasteiger partial charge on any atom is -0.478 e. The van der Waals surface area contributed by atoms with Crippen molar-refractivity contribution in [3.63, 3.8) is 0 Å². The number of unbranched alkanes of at least 4 members (excludes halogenated alkanes) is 1. The molecular weight excluding hydrogens is 228 g/mol. The number of thioether (sulfide) groups is 1. The number of carboxylic acids is 1. The molecule has 0 aromatic rings. The van der Waals surface area contributed by atoms with E-state index in [0.29, 0.717) is 12.2 Å². The molecule has 0 radical (unpaired) electrons. The number of ether oxygens (including phenoxy) is 1. The molecule has 0 saturated heterocycles. The minimum absolute atomic E-state index is 0.281. The fourth-order valence-electron chi connectivity index (χ4n) is 1.01. The highest BCUT2D eigenvalue weighted by molar-refractivity contribution is 7.99. The van der Waals surface area contributed by atoms with Crippen molar-refractivity contribution in [1.82, 2.24) is 0 Å². The Kier molecular flexibility index (Phi) is 9.09. The van der Waals surface area contributed by atoms with Gasteiger partial charge in [0.05, 0.1) is 0 Å². The molecule has 1 atom stereocenters. The van der Waals surface area contributed by atoms with E-state index in [2.05, 4.69) is 6.92 Å². The van der Waals surface area contributed by atoms with Gasteiger partial charge in [0.15, 0.2) is 0 Å². The molecule has 0 aromatic carbocycles. The second kappa shape index (κ2) is 9.51. The van der Waals surface area contributed by atoms with Crippen LogP contribution in [0.3, 0.4) is 0 Å². The van der Waals surface area contributed by atoms with Crippen LogP contribution in [0.25, 0.3) is 0 Å². The van der Waals surface area contributed by atoms with E-state index >= 15 is 0 Å². The molecule has 0 spiro atoms. The van der Waals surface area contributed by atoms with Crippen LogP contribution < -0.4 is 0 Å². The SMILES string of the molecule is CCCCSCC(OC(=O)CCC)C(=O)O. The summed E-state index contributed by atoms with van der Waals surface area (Å²) in [6, 6.07) is 0. The summed E-state index contributed by atoms with van der Waals surface area (Å²) < 4.78 is 4.87. The molecule has 5 heteroatoms. The monoisotopic (exact) mass is 248 g/mol. The van der Waals surface area contributed by atoms with Crippen LogP contribution in [0.4, 0.5) is 0 Å². The summed E-state index contributed by atoms with van der Waals surface area (Å²) in [6.07, 6.45) is 2.10. The van der Waals surface area contributed by atoms with Gasteiger partial charge in [-0.3, -0.25) is 4.79 Å². The lowest BCUT2D eigenvalue weighted by molar-refractivity contribution is -0.162. The Morgan fingerprint density at radius 3 is 2.50 bits per heavy atom. The van der Waals surface area contributed by atoms with E-state index in [1.807, 2.05) is 6.92 Å². The van der Waals surface area contributed by atoms with E-state index in [0.717, 1.165) is 18.6 Å². The topological polar surface area (TPSA) is 63.6 Å². The van der Waals surface area contributed by atoms with Gasteiger partial charge in [-0.05, 0) is 18.6 Å². The maximum absolute atomic E-state index is 11.2. The van der Waals surface area contributed by atoms with E-state index in [-0.39, 0.29) is 6.42 Å². The van der Waals surface area contributed by atoms with Gasteiger partial charge < -0.3 is 9.84 Å². The molecule has 0 amide bonds. The molecule has 1 N–H and O–H groups in total. The molecule has 0 aliphatic rings. The fourth-order valence-corrected chi connectivity index (χ4v) is 2.10. The zero-order valence-electron chi connectivity index (χ0n) is 9.90. The first kappa shape index (κ1) is 15.3. The van der Waals surface area contributed by atoms with Gasteiger partial charge in [-0.15, -0.1) is 0 Å². The first-order valence-electron chi connectivity index (χ1n) is 5.61. The van der Waals surface area contributed by atoms with Crippen molar-refractivity contribution < 1.29 is 19.4 Å². The summed E-state index contributed by atoms with van der Waals surface area (Å²) in [6.45, 7) is 3.93. The number of carboxylic acid groups (broad SMARTS) is 1. The van der Waals surface area contributed by atoms with Crippen LogP contribution in [-0.2, 0) is 14.3 Å². The molecule has 0 bridgehead atoms. The lowest BCUT2D eigenvalue weighted by atomic mass is 10.3. The largest absolute Gasteiger partial charge is 0.478 e. The Morgan fingerprint density at radius 1 is 1.31 bits per heavy atom. The molecule has 0 aromatic heterocycles. The van der Waals surface area contributed by atoms with Crippen LogP contribution in [-0.4, -0.2) is 34.7 Å². The second-order valence-corrected chi connectivity index (χ2v) is 4.65. The average Bonchev–Trinajstić information content (AvgIpc) is 2.22. The number of esters is 1. The quantitative estimate of drug-likeness (QED) is 0.501. The van der Waals surface area contributed by atoms with Gasteiger partial charge in [-0.1, -0.05) is 20.3 Å². The van der Waals surface area contributed by atoms with Crippen LogP contribution in [0, 0.1) is 0 Å². The molecule has 1 unspecified atom stereocenters. The second-order valence-electron chi connectivity index (χ2n) is 3.50. The van der Waals surface area contributed by atoms with Crippen LogP contribution in [0.1, 0.15) is 39.5 Å². The maximum Gasteiger partial charge on any atom is 0.345 e. The number of aliphatic carboxylic acids is 1. The van der Waals surface area contributed by atoms with Gasteiger partial charge in [0.25, 0.3) is 0 Å². The van der Waals surface area contributed by atoms with E-state index in [1.165, 1.54) is 11.8 Å². The predicted octanol–water partition coefficient (Wildman–Crippen LogP) is 2.32. The smallest absolute Gasteiger partial charge is 0.345 e. The van der Waals surface area contributed by atoms with E-state index in [9.17, 15) is 9.59 Å². The van der Waals surface area contributed by atoms with Crippen molar-refractivity contribution in [1.29, 1.82) is 0 Å². The van der Waals surface area contributed by atoms with Crippen molar-refractivity contribution in [2.24, 2.45) is 0 Å². The third-order valence-electron chi connectivity index (χ3n) is 1.91. The molecule has 0 aliphatic carbocycles. The molecule has 4 nitrogen and oxygen atoms in total. The third kappa shape index (κ3) is 7.56. The average molecular weight is 248 g/mol. The Balaban J connectivity index is 3.88. The molecular formula is C11H20O4S. The van der Waals surface area contributed by atoms with Gasteiger partial charge in [0.1, 0.15) is 0 Å². The Hall–Kier alpha value is -0.710. The molecule has 94 valence electrons. The summed E-state index contributed by atoms with van der Waals surface area (Å²) in [5, 5.41) is 8.86. The first-order chi connectivity index (χ1) is 7.61. The lowest BCUT2D eigenvalue weighted by Crippen LogP contribution is -2.29. The van der Waals surface area contributed by atoms with Gasteiger partial charge in [0.2, 0.25) is 6.10 Å². The fraction of sp³-hybridized carbons (Fsp3) is 0.818. The van der Waals surface area contributed by atoms with E-state index in [1.54, 1.807) is 0 Å². The van der Waals surface area contributed by atoms with Crippen LogP contribution >= 0.6 is 11.8 Å². The van der Waals surface area contributed by atoms with Crippen LogP contribution in [0.5, 0.6) is 0 Å². The van der Waals surface area contributed by atoms with Crippen LogP contribution in [0.2, 0.25) is 0 Å². The number of rotatable bonds is 9. The predicted molar refractivity (Wildman–Crippen MR) is 64.7 cm³/mol. The molecule has 0 heterocycles. The number of hydrogen-bond donors (Lipinski definition) is 1. The Bertz CT molecular complexity index is 218. The van der Waals surface area contributed by atoms with Crippen molar-refractivity contribution in [2.75, 3.05) is 11.5 Å². The number of carbonyl (C=O) groups is 2. The summed E-state index contributed by atoms with van der Waals surface area (Å²) in [4.78, 5) is 22.0. The zero-order chi connectivity index (χ0) is 12.4. The zero-order valence-corrected chi connectivity index (χ0v) is 10.7. The Labute approximate surface area is 101 Å². The molecule has 0 rings (SSSR count). The normalized spacial score (nSPS) is 12.1. The summed E-state index contributed by atoms with van der Waals surface area (Å²) in [5.74, 6) is -0.240. The van der Waals surface area contributed by atoms with E-state index < -0.39 is 18.0 Å². The number of carbonyl (C=O) groups excluding carboxylic acids is 1. The Morgan fingerprint density at radius 2 is 2.00 bits per heavy atom. The summed E-state index contributed by atoms with van der Waals surface area (Å²) >= 11 is 1.52. The van der Waals surface area contributed by atoms with Crippen molar-refractivity contribution >= 4 is 23.7 Å². The van der Waals surface area contributed by atoms with Gasteiger partial charge >= 0.3 is 11.9 Å². The minimum atomic E-state index is -1.06. The van der Waals surface area contributed by atoms with Gasteiger partial charge in [-0.2, -0.15) is 11.8 Å². The highest BCUT2D eigenvalue weighted by Gasteiger charge is 2.21. The third-order valence-corrected chi connectivity index (χ3v) is 3.03. The lowest BCUT2D eigenvalue weighted by Gasteiger charge is -2.12. The van der Waals surface area contributed by atoms with Crippen molar-refractivity contribution in [2.45, 2.75) is 45.6 Å². The standard InChI is InChI=1S/C11H20O4S/c1-3-5-7-16-8-9(11(13)14)15-10(12)6-4-2/h9H,3-8H2,1-2H3,(H,13,14). The highest BCUT2D eigenvalue weighted by Crippen LogP contribution is 2.10. The summed E-state index contributed by atoms with van der Waals surface area (Å²) in [5.41, 5.74) is 0. The number of hydrogen-bond acceptors (Lipinski definition) is 4.